The fourth-order valence-corrected chi connectivity index (χ4v) is 1.12. The van der Waals surface area contributed by atoms with Crippen LogP contribution in [0.2, 0.25) is 0 Å². The number of ether oxygens (including phenoxy) is 1. The minimum Gasteiger partial charge on any atom is -0.478 e. The molecule has 0 aliphatic rings. The Kier molecular flexibility index (Phi) is 8.36. The number of esters is 1. The molecule has 0 spiro atoms. The van der Waals surface area contributed by atoms with Gasteiger partial charge in [-0.05, 0) is 18.6 Å². The highest BCUT2D eigenvalue weighted by molar-refractivity contribution is 6.01. The average molecular weight is 284 g/mol. The van der Waals surface area contributed by atoms with Gasteiger partial charge in [0.05, 0.1) is 17.7 Å². The second-order valence-corrected chi connectivity index (χ2v) is 3.53. The van der Waals surface area contributed by atoms with Gasteiger partial charge in [-0.15, -0.1) is 0 Å². The van der Waals surface area contributed by atoms with E-state index in [0.29, 0.717) is 6.61 Å². The molecule has 0 bridgehead atoms. The normalized spacial score (nSPS) is 9.10. The van der Waals surface area contributed by atoms with Gasteiger partial charge in [0.2, 0.25) is 0 Å². The van der Waals surface area contributed by atoms with Crippen molar-refractivity contribution in [3.8, 4) is 0 Å². The number of hydrogen-bond donors (Lipinski definition) is 3. The summed E-state index contributed by atoms with van der Waals surface area (Å²) in [6.07, 6.45) is 0.797. The highest BCUT2D eigenvalue weighted by atomic mass is 16.5. The van der Waals surface area contributed by atoms with Crippen LogP contribution in [-0.2, 0) is 9.53 Å². The maximum Gasteiger partial charge on any atom is 0.336 e. The smallest absolute Gasteiger partial charge is 0.336 e. The summed E-state index contributed by atoms with van der Waals surface area (Å²) in [5.41, 5.74) is -0.380. The van der Waals surface area contributed by atoms with E-state index < -0.39 is 24.5 Å². The van der Waals surface area contributed by atoms with E-state index in [1.54, 1.807) is 0 Å². The van der Waals surface area contributed by atoms with Crippen LogP contribution in [0.15, 0.2) is 24.3 Å². The lowest BCUT2D eigenvalue weighted by atomic mass is 10.1. The summed E-state index contributed by atoms with van der Waals surface area (Å²) in [6, 6.07) is 5.48. The van der Waals surface area contributed by atoms with Crippen LogP contribution in [0.4, 0.5) is 0 Å². The zero-order valence-corrected chi connectivity index (χ0v) is 10.9. The molecule has 0 amide bonds. The van der Waals surface area contributed by atoms with Crippen molar-refractivity contribution >= 4 is 17.9 Å². The molecule has 1 rings (SSSR count). The molecule has 1 aromatic carbocycles. The second kappa shape index (κ2) is 9.51. The Hall–Kier alpha value is -2.41. The molecule has 0 saturated heterocycles. The zero-order chi connectivity index (χ0) is 15.5. The quantitative estimate of drug-likeness (QED) is 0.690. The van der Waals surface area contributed by atoms with Gasteiger partial charge in [0.15, 0.2) is 0 Å². The van der Waals surface area contributed by atoms with Crippen molar-refractivity contribution in [1.29, 1.82) is 0 Å². The van der Waals surface area contributed by atoms with Crippen molar-refractivity contribution in [1.82, 2.24) is 0 Å². The fourth-order valence-electron chi connectivity index (χ4n) is 1.12. The van der Waals surface area contributed by atoms with Crippen molar-refractivity contribution in [2.24, 2.45) is 0 Å². The van der Waals surface area contributed by atoms with Crippen molar-refractivity contribution in [3.05, 3.63) is 35.4 Å². The van der Waals surface area contributed by atoms with E-state index in [0.717, 1.165) is 6.42 Å². The van der Waals surface area contributed by atoms with E-state index >= 15 is 0 Å². The molecular weight excluding hydrogens is 268 g/mol. The molecule has 0 heterocycles. The van der Waals surface area contributed by atoms with E-state index in [1.807, 2.05) is 6.92 Å². The molecule has 0 unspecified atom stereocenters. The van der Waals surface area contributed by atoms with Crippen LogP contribution in [0.5, 0.6) is 0 Å². The number of aliphatic hydroxyl groups excluding tert-OH is 1. The van der Waals surface area contributed by atoms with Crippen molar-refractivity contribution in [3.63, 3.8) is 0 Å². The molecule has 0 saturated carbocycles. The van der Waals surface area contributed by atoms with Crippen molar-refractivity contribution < 1.29 is 34.4 Å². The molecule has 7 nitrogen and oxygen atoms in total. The average Bonchev–Trinajstić information content (AvgIpc) is 2.45. The van der Waals surface area contributed by atoms with Crippen LogP contribution < -0.4 is 0 Å². The third kappa shape index (κ3) is 6.50. The third-order valence-corrected chi connectivity index (χ3v) is 1.98. The van der Waals surface area contributed by atoms with E-state index in [-0.39, 0.29) is 11.1 Å². The van der Waals surface area contributed by atoms with Crippen LogP contribution in [0.25, 0.3) is 0 Å². The summed E-state index contributed by atoms with van der Waals surface area (Å²) in [4.78, 5) is 31.0. The van der Waals surface area contributed by atoms with E-state index in [4.69, 9.17) is 15.3 Å². The number of carboxylic acid groups (broad SMARTS) is 2. The van der Waals surface area contributed by atoms with Gasteiger partial charge >= 0.3 is 17.9 Å². The lowest BCUT2D eigenvalue weighted by Crippen LogP contribution is -2.08. The minimum absolute atomic E-state index is 0.190. The molecule has 7 heteroatoms. The SMILES string of the molecule is CCCOC(=O)CO.O=C(O)c1ccccc1C(=O)O. The molecular formula is C13H16O7. The molecule has 110 valence electrons. The summed E-state index contributed by atoms with van der Waals surface area (Å²) in [5.74, 6) is -3.01. The largest absolute Gasteiger partial charge is 0.478 e. The number of hydrogen-bond acceptors (Lipinski definition) is 5. The first-order chi connectivity index (χ1) is 9.43. The number of aromatic carboxylic acids is 2. The summed E-state index contributed by atoms with van der Waals surface area (Å²) >= 11 is 0. The van der Waals surface area contributed by atoms with Crippen LogP contribution in [0, 0.1) is 0 Å². The molecule has 0 atom stereocenters. The first-order valence-electron chi connectivity index (χ1n) is 5.76. The highest BCUT2D eigenvalue weighted by Gasteiger charge is 2.13. The van der Waals surface area contributed by atoms with Gasteiger partial charge < -0.3 is 20.1 Å². The molecule has 0 aliphatic carbocycles. The van der Waals surface area contributed by atoms with Gasteiger partial charge in [-0.25, -0.2) is 14.4 Å². The Balaban J connectivity index is 0.000000396. The number of carbonyl (C=O) groups excluding carboxylic acids is 1. The van der Waals surface area contributed by atoms with E-state index in [9.17, 15) is 14.4 Å². The number of rotatable bonds is 5. The molecule has 0 radical (unpaired) electrons. The lowest BCUT2D eigenvalue weighted by molar-refractivity contribution is -0.146. The highest BCUT2D eigenvalue weighted by Crippen LogP contribution is 2.07. The molecule has 0 fully saturated rings. The monoisotopic (exact) mass is 284 g/mol. The van der Waals surface area contributed by atoms with Gasteiger partial charge in [-0.1, -0.05) is 19.1 Å². The Labute approximate surface area is 115 Å². The topological polar surface area (TPSA) is 121 Å². The van der Waals surface area contributed by atoms with Crippen LogP contribution in [-0.4, -0.2) is 46.4 Å². The van der Waals surface area contributed by atoms with Crippen molar-refractivity contribution in [2.45, 2.75) is 13.3 Å². The maximum absolute atomic E-state index is 10.5. The number of carboxylic acids is 2. The standard InChI is InChI=1S/C8H6O4.C5H10O3/c9-7(10)5-3-1-2-4-6(5)8(11)12;1-2-3-8-5(7)4-6/h1-4H,(H,9,10)(H,11,12);6H,2-4H2,1H3. The van der Waals surface area contributed by atoms with Crippen LogP contribution in [0.1, 0.15) is 34.1 Å². The lowest BCUT2D eigenvalue weighted by Gasteiger charge is -1.98. The fraction of sp³-hybridized carbons (Fsp3) is 0.308. The predicted molar refractivity (Wildman–Crippen MR) is 68.7 cm³/mol. The maximum atomic E-state index is 10.5. The number of benzene rings is 1. The minimum atomic E-state index is -1.23. The van der Waals surface area contributed by atoms with E-state index in [2.05, 4.69) is 4.74 Å². The number of aliphatic hydroxyl groups is 1. The predicted octanol–water partition coefficient (Wildman–Crippen LogP) is 1.01. The number of carbonyl (C=O) groups is 3. The Morgan fingerprint density at radius 2 is 1.50 bits per heavy atom. The van der Waals surface area contributed by atoms with E-state index in [1.165, 1.54) is 24.3 Å². The third-order valence-electron chi connectivity index (χ3n) is 1.98. The molecule has 20 heavy (non-hydrogen) atoms. The van der Waals surface area contributed by atoms with Gasteiger partial charge in [0.25, 0.3) is 0 Å². The summed E-state index contributed by atoms with van der Waals surface area (Å²) in [5, 5.41) is 25.2. The Morgan fingerprint density at radius 3 is 1.80 bits per heavy atom. The zero-order valence-electron chi connectivity index (χ0n) is 10.9. The first kappa shape index (κ1) is 17.6. The molecule has 1 aromatic rings. The summed E-state index contributed by atoms with van der Waals surface area (Å²) in [6.45, 7) is 1.78. The Bertz CT molecular complexity index is 435. The molecule has 0 aliphatic heterocycles. The van der Waals surface area contributed by atoms with Crippen molar-refractivity contribution in [2.75, 3.05) is 13.2 Å². The molecule has 3 N–H and O–H groups in total. The van der Waals surface area contributed by atoms with Gasteiger partial charge in [0, 0.05) is 0 Å². The Morgan fingerprint density at radius 1 is 1.05 bits per heavy atom. The summed E-state index contributed by atoms with van der Waals surface area (Å²) in [7, 11) is 0. The van der Waals surface area contributed by atoms with Gasteiger partial charge in [-0.2, -0.15) is 0 Å². The summed E-state index contributed by atoms with van der Waals surface area (Å²) < 4.78 is 4.45. The molecule has 0 aromatic heterocycles. The second-order valence-electron chi connectivity index (χ2n) is 3.53. The van der Waals surface area contributed by atoms with Gasteiger partial charge in [-0.3, -0.25) is 0 Å². The first-order valence-corrected chi connectivity index (χ1v) is 5.76. The van der Waals surface area contributed by atoms with Crippen LogP contribution >= 0.6 is 0 Å². The van der Waals surface area contributed by atoms with Crippen LogP contribution in [0.3, 0.4) is 0 Å². The van der Waals surface area contributed by atoms with Gasteiger partial charge in [0.1, 0.15) is 6.61 Å².